The molecule has 1 amide bonds. The highest BCUT2D eigenvalue weighted by Crippen LogP contribution is 2.25. The molecular weight excluding hydrogens is 372 g/mol. The number of amides is 1. The second-order valence-electron chi connectivity index (χ2n) is 6.88. The van der Waals surface area contributed by atoms with Gasteiger partial charge in [-0.25, -0.2) is 8.42 Å². The third-order valence-electron chi connectivity index (χ3n) is 4.98. The summed E-state index contributed by atoms with van der Waals surface area (Å²) in [7, 11) is -3.56. The van der Waals surface area contributed by atoms with Crippen molar-refractivity contribution in [2.75, 3.05) is 19.6 Å². The molecule has 1 aromatic rings. The lowest BCUT2D eigenvalue weighted by molar-refractivity contribution is 0.0945. The van der Waals surface area contributed by atoms with E-state index in [0.717, 1.165) is 38.5 Å². The Morgan fingerprint density at radius 2 is 1.96 bits per heavy atom. The molecule has 0 unspecified atom stereocenters. The van der Waals surface area contributed by atoms with Gasteiger partial charge in [0.2, 0.25) is 10.0 Å². The highest BCUT2D eigenvalue weighted by molar-refractivity contribution is 7.89. The van der Waals surface area contributed by atoms with E-state index in [1.165, 1.54) is 22.5 Å². The minimum atomic E-state index is -3.56. The van der Waals surface area contributed by atoms with Crippen LogP contribution in [0.1, 0.15) is 62.7 Å². The van der Waals surface area contributed by atoms with Crippen LogP contribution in [-0.2, 0) is 10.0 Å². The molecule has 2 rings (SSSR count). The van der Waals surface area contributed by atoms with E-state index in [-0.39, 0.29) is 21.4 Å². The fourth-order valence-electron chi connectivity index (χ4n) is 3.19. The third kappa shape index (κ3) is 5.21. The molecule has 1 aliphatic heterocycles. The average Bonchev–Trinajstić information content (AvgIpc) is 3.17. The minimum absolute atomic E-state index is 0.131. The number of carbonyl (C=O) groups excluding carboxylic acids is 1. The number of benzene rings is 1. The zero-order valence-corrected chi connectivity index (χ0v) is 17.2. The molecule has 0 radical (unpaired) electrons. The van der Waals surface area contributed by atoms with Gasteiger partial charge in [0.1, 0.15) is 0 Å². The third-order valence-corrected chi connectivity index (χ3v) is 7.20. The van der Waals surface area contributed by atoms with Crippen LogP contribution >= 0.6 is 11.6 Å². The molecule has 26 heavy (non-hydrogen) atoms. The first-order valence-electron chi connectivity index (χ1n) is 9.48. The van der Waals surface area contributed by atoms with Gasteiger partial charge >= 0.3 is 0 Å². The fourth-order valence-corrected chi connectivity index (χ4v) is 4.94. The van der Waals surface area contributed by atoms with Crippen LogP contribution in [0.3, 0.4) is 0 Å². The Morgan fingerprint density at radius 3 is 2.58 bits per heavy atom. The molecule has 1 aliphatic rings. The van der Waals surface area contributed by atoms with Gasteiger partial charge in [-0.1, -0.05) is 44.7 Å². The van der Waals surface area contributed by atoms with Gasteiger partial charge in [-0.3, -0.25) is 4.79 Å². The number of sulfonamides is 1. The summed E-state index contributed by atoms with van der Waals surface area (Å²) in [6.45, 7) is 5.90. The first-order chi connectivity index (χ1) is 12.4. The number of nitrogens with zero attached hydrogens (tertiary/aromatic N) is 1. The Morgan fingerprint density at radius 1 is 1.27 bits per heavy atom. The fraction of sp³-hybridized carbons (Fsp3) is 0.632. The lowest BCUT2D eigenvalue weighted by Gasteiger charge is -2.18. The number of hydrogen-bond acceptors (Lipinski definition) is 3. The van der Waals surface area contributed by atoms with E-state index in [1.807, 2.05) is 0 Å². The number of nitrogens with one attached hydrogen (secondary N) is 1. The lowest BCUT2D eigenvalue weighted by Crippen LogP contribution is -2.30. The van der Waals surface area contributed by atoms with Crippen LogP contribution in [0.5, 0.6) is 0 Å². The summed E-state index contributed by atoms with van der Waals surface area (Å²) in [6, 6.07) is 4.37. The molecule has 7 heteroatoms. The summed E-state index contributed by atoms with van der Waals surface area (Å²) in [6.07, 6.45) is 6.08. The highest BCUT2D eigenvalue weighted by Gasteiger charge is 2.28. The molecule has 0 bridgehead atoms. The quantitative estimate of drug-likeness (QED) is 0.679. The van der Waals surface area contributed by atoms with E-state index in [1.54, 1.807) is 0 Å². The van der Waals surface area contributed by atoms with Crippen molar-refractivity contribution in [3.05, 3.63) is 28.8 Å². The number of unbranched alkanes of at least 4 members (excludes halogenated alkanes) is 1. The number of halogens is 1. The monoisotopic (exact) mass is 400 g/mol. The first-order valence-corrected chi connectivity index (χ1v) is 11.3. The summed E-state index contributed by atoms with van der Waals surface area (Å²) in [5.41, 5.74) is 0.220. The van der Waals surface area contributed by atoms with E-state index in [2.05, 4.69) is 19.2 Å². The largest absolute Gasteiger partial charge is 0.352 e. The summed E-state index contributed by atoms with van der Waals surface area (Å²) in [4.78, 5) is 12.7. The van der Waals surface area contributed by atoms with Gasteiger partial charge in [-0.2, -0.15) is 4.31 Å². The van der Waals surface area contributed by atoms with Crippen LogP contribution in [0.25, 0.3) is 0 Å². The Kier molecular flexibility index (Phi) is 7.92. The summed E-state index contributed by atoms with van der Waals surface area (Å²) >= 11 is 6.16. The predicted octanol–water partition coefficient (Wildman–Crippen LogP) is 4.07. The van der Waals surface area contributed by atoms with Crippen LogP contribution in [0.4, 0.5) is 0 Å². The molecular formula is C19H29ClN2O3S. The molecule has 0 saturated carbocycles. The van der Waals surface area contributed by atoms with Crippen LogP contribution in [0.15, 0.2) is 23.1 Å². The van der Waals surface area contributed by atoms with Gasteiger partial charge in [0.15, 0.2) is 0 Å². The van der Waals surface area contributed by atoms with Gasteiger partial charge in [0, 0.05) is 19.6 Å². The second kappa shape index (κ2) is 9.72. The average molecular weight is 401 g/mol. The predicted molar refractivity (Wildman–Crippen MR) is 105 cm³/mol. The van der Waals surface area contributed by atoms with Crippen molar-refractivity contribution in [2.45, 2.75) is 57.3 Å². The Labute approximate surface area is 162 Å². The topological polar surface area (TPSA) is 66.5 Å². The lowest BCUT2D eigenvalue weighted by atomic mass is 9.99. The molecule has 1 fully saturated rings. The first kappa shape index (κ1) is 21.2. The van der Waals surface area contributed by atoms with Crippen LogP contribution in [0.2, 0.25) is 5.02 Å². The van der Waals surface area contributed by atoms with E-state index in [9.17, 15) is 13.2 Å². The van der Waals surface area contributed by atoms with Gasteiger partial charge < -0.3 is 5.32 Å². The standard InChI is InChI=1S/C19H29ClN2O3S/c1-3-5-8-15(4-2)14-21-19(23)17-13-16(9-10-18(17)20)26(24,25)22-11-6-7-12-22/h9-10,13,15H,3-8,11-12,14H2,1-2H3,(H,21,23)/t15-/m1/s1. The molecule has 146 valence electrons. The molecule has 5 nitrogen and oxygen atoms in total. The molecule has 1 atom stereocenters. The zero-order valence-electron chi connectivity index (χ0n) is 15.6. The molecule has 1 heterocycles. The van der Waals surface area contributed by atoms with E-state index in [4.69, 9.17) is 11.6 Å². The molecule has 1 saturated heterocycles. The maximum absolute atomic E-state index is 12.7. The van der Waals surface area contributed by atoms with Crippen LogP contribution < -0.4 is 5.32 Å². The van der Waals surface area contributed by atoms with Gasteiger partial charge in [-0.05, 0) is 43.4 Å². The normalized spacial score (nSPS) is 16.6. The highest BCUT2D eigenvalue weighted by atomic mass is 35.5. The van der Waals surface area contributed by atoms with Crippen molar-refractivity contribution >= 4 is 27.5 Å². The summed E-state index contributed by atoms with van der Waals surface area (Å²) in [5.74, 6) is 0.109. The van der Waals surface area contributed by atoms with E-state index < -0.39 is 10.0 Å². The second-order valence-corrected chi connectivity index (χ2v) is 9.22. The van der Waals surface area contributed by atoms with Crippen molar-refractivity contribution in [3.8, 4) is 0 Å². The van der Waals surface area contributed by atoms with Crippen molar-refractivity contribution in [1.29, 1.82) is 0 Å². The number of carbonyl (C=O) groups is 1. The minimum Gasteiger partial charge on any atom is -0.352 e. The smallest absolute Gasteiger partial charge is 0.252 e. The SMILES string of the molecule is CCCC[C@@H](CC)CNC(=O)c1cc(S(=O)(=O)N2CCCC2)ccc1Cl. The Bertz CT molecular complexity index is 715. The van der Waals surface area contributed by atoms with E-state index in [0.29, 0.717) is 25.6 Å². The Balaban J connectivity index is 2.12. The summed E-state index contributed by atoms with van der Waals surface area (Å²) < 4.78 is 26.9. The van der Waals surface area contributed by atoms with Gasteiger partial charge in [-0.15, -0.1) is 0 Å². The molecule has 1 N–H and O–H groups in total. The van der Waals surface area contributed by atoms with Crippen molar-refractivity contribution in [3.63, 3.8) is 0 Å². The zero-order chi connectivity index (χ0) is 19.2. The summed E-state index contributed by atoms with van der Waals surface area (Å²) in [5, 5.41) is 3.18. The van der Waals surface area contributed by atoms with Crippen LogP contribution in [-0.4, -0.2) is 38.3 Å². The van der Waals surface area contributed by atoms with Gasteiger partial charge in [0.25, 0.3) is 5.91 Å². The van der Waals surface area contributed by atoms with Crippen molar-refractivity contribution in [2.24, 2.45) is 5.92 Å². The molecule has 0 aliphatic carbocycles. The molecule has 1 aromatic carbocycles. The maximum Gasteiger partial charge on any atom is 0.252 e. The van der Waals surface area contributed by atoms with E-state index >= 15 is 0 Å². The number of rotatable bonds is 9. The van der Waals surface area contributed by atoms with Crippen molar-refractivity contribution < 1.29 is 13.2 Å². The number of hydrogen-bond donors (Lipinski definition) is 1. The van der Waals surface area contributed by atoms with Crippen molar-refractivity contribution in [1.82, 2.24) is 9.62 Å². The van der Waals surface area contributed by atoms with Crippen LogP contribution in [0, 0.1) is 5.92 Å². The molecule has 0 spiro atoms. The molecule has 0 aromatic heterocycles. The Hall–Kier alpha value is -1.11. The maximum atomic E-state index is 12.7. The van der Waals surface area contributed by atoms with Gasteiger partial charge in [0.05, 0.1) is 15.5 Å².